The molecule has 8 heteroatoms. The van der Waals surface area contributed by atoms with E-state index in [4.69, 9.17) is 0 Å². The molecule has 2 atom stereocenters. The second-order valence-corrected chi connectivity index (χ2v) is 7.98. The quantitative estimate of drug-likeness (QED) is 0.425. The lowest BCUT2D eigenvalue weighted by molar-refractivity contribution is -0.157. The summed E-state index contributed by atoms with van der Waals surface area (Å²) in [4.78, 5) is 1.13. The molecule has 0 amide bonds. The molecule has 4 rings (SSSR count). The third-order valence-corrected chi connectivity index (χ3v) is 5.60. The molecule has 3 aromatic rings. The van der Waals surface area contributed by atoms with Gasteiger partial charge in [0.25, 0.3) is 0 Å². The van der Waals surface area contributed by atoms with Gasteiger partial charge in [-0.25, -0.2) is 8.78 Å². The van der Waals surface area contributed by atoms with Gasteiger partial charge in [0.15, 0.2) is 0 Å². The molecule has 0 spiro atoms. The Morgan fingerprint density at radius 2 is 1.71 bits per heavy atom. The molecule has 0 aliphatic carbocycles. The molecule has 1 aliphatic heterocycles. The number of hydrogen-bond acceptors (Lipinski definition) is 1. The van der Waals surface area contributed by atoms with E-state index in [2.05, 4.69) is 15.9 Å². The summed E-state index contributed by atoms with van der Waals surface area (Å²) in [6.45, 7) is 0.690. The Labute approximate surface area is 166 Å². The van der Waals surface area contributed by atoms with E-state index in [1.54, 1.807) is 13.0 Å². The van der Waals surface area contributed by atoms with E-state index in [1.165, 1.54) is 0 Å². The van der Waals surface area contributed by atoms with Crippen LogP contribution in [0.3, 0.4) is 0 Å². The molecular weight excluding hydrogens is 443 g/mol. The van der Waals surface area contributed by atoms with Crippen LogP contribution in [-0.4, -0.2) is 28.2 Å². The summed E-state index contributed by atoms with van der Waals surface area (Å²) in [6, 6.07) is 9.46. The normalized spacial score (nSPS) is 20.5. The summed E-state index contributed by atoms with van der Waals surface area (Å²) in [5.41, 5.74) is 0.908. The van der Waals surface area contributed by atoms with Crippen LogP contribution in [-0.2, 0) is 6.54 Å². The van der Waals surface area contributed by atoms with Gasteiger partial charge in [0.1, 0.15) is 11.6 Å². The molecule has 0 bridgehead atoms. The maximum Gasteiger partial charge on any atom is 0.401 e. The summed E-state index contributed by atoms with van der Waals surface area (Å²) in [7, 11) is 0. The predicted octanol–water partition coefficient (Wildman–Crippen LogP) is 6.04. The molecule has 1 aliphatic rings. The Hall–Kier alpha value is -1.93. The number of alkyl halides is 3. The first-order valence-corrected chi connectivity index (χ1v) is 9.50. The zero-order valence-electron chi connectivity index (χ0n) is 14.8. The molecule has 2 nitrogen and oxygen atoms in total. The van der Waals surface area contributed by atoms with Crippen LogP contribution in [0.25, 0.3) is 10.9 Å². The maximum atomic E-state index is 14.8. The van der Waals surface area contributed by atoms with Crippen molar-refractivity contribution in [2.75, 3.05) is 6.54 Å². The van der Waals surface area contributed by atoms with Crippen molar-refractivity contribution in [2.24, 2.45) is 0 Å². The van der Waals surface area contributed by atoms with Crippen LogP contribution in [0.4, 0.5) is 22.0 Å². The molecule has 1 aromatic heterocycles. The molecule has 0 saturated carbocycles. The van der Waals surface area contributed by atoms with E-state index < -0.39 is 36.4 Å². The van der Waals surface area contributed by atoms with E-state index in [1.807, 2.05) is 28.8 Å². The van der Waals surface area contributed by atoms with Gasteiger partial charge in [-0.1, -0.05) is 34.1 Å². The number of hydrogen-bond donors (Lipinski definition) is 0. The van der Waals surface area contributed by atoms with Gasteiger partial charge in [-0.2, -0.15) is 13.2 Å². The minimum atomic E-state index is -4.50. The Morgan fingerprint density at radius 1 is 1.07 bits per heavy atom. The topological polar surface area (TPSA) is 8.17 Å². The van der Waals surface area contributed by atoms with Crippen LogP contribution < -0.4 is 0 Å². The zero-order chi connectivity index (χ0) is 20.2. The van der Waals surface area contributed by atoms with E-state index in [0.29, 0.717) is 12.2 Å². The minimum Gasteiger partial charge on any atom is -0.341 e. The summed E-state index contributed by atoms with van der Waals surface area (Å²) in [6.07, 6.45) is -4.50. The molecule has 28 heavy (non-hydrogen) atoms. The van der Waals surface area contributed by atoms with Gasteiger partial charge < -0.3 is 4.57 Å². The van der Waals surface area contributed by atoms with Crippen molar-refractivity contribution < 1.29 is 22.0 Å². The predicted molar refractivity (Wildman–Crippen MR) is 100 cm³/mol. The van der Waals surface area contributed by atoms with Crippen molar-refractivity contribution in [1.82, 2.24) is 9.47 Å². The second-order valence-electron chi connectivity index (χ2n) is 7.06. The van der Waals surface area contributed by atoms with Gasteiger partial charge in [-0.3, -0.25) is 4.90 Å². The Balaban J connectivity index is 1.98. The molecule has 2 heterocycles. The number of fused-ring (bicyclic) bond motifs is 3. The van der Waals surface area contributed by atoms with Crippen molar-refractivity contribution in [3.8, 4) is 0 Å². The van der Waals surface area contributed by atoms with Gasteiger partial charge in [0.05, 0.1) is 12.6 Å². The van der Waals surface area contributed by atoms with Crippen LogP contribution in [0.2, 0.25) is 0 Å². The number of benzene rings is 2. The first kappa shape index (κ1) is 19.4. The molecule has 0 saturated heterocycles. The minimum absolute atomic E-state index is 0.193. The highest BCUT2D eigenvalue weighted by Gasteiger charge is 2.43. The monoisotopic (exact) mass is 458 g/mol. The first-order valence-electron chi connectivity index (χ1n) is 8.71. The second kappa shape index (κ2) is 6.84. The van der Waals surface area contributed by atoms with E-state index in [0.717, 1.165) is 27.9 Å². The largest absolute Gasteiger partial charge is 0.401 e. The van der Waals surface area contributed by atoms with Gasteiger partial charge in [-0.05, 0) is 36.6 Å². The van der Waals surface area contributed by atoms with E-state index >= 15 is 0 Å². The van der Waals surface area contributed by atoms with E-state index in [9.17, 15) is 22.0 Å². The van der Waals surface area contributed by atoms with Crippen LogP contribution in [0.5, 0.6) is 0 Å². The van der Waals surface area contributed by atoms with Crippen molar-refractivity contribution in [3.63, 3.8) is 0 Å². The lowest BCUT2D eigenvalue weighted by Crippen LogP contribution is -2.49. The molecule has 0 N–H and O–H groups in total. The van der Waals surface area contributed by atoms with Crippen molar-refractivity contribution >= 4 is 26.8 Å². The van der Waals surface area contributed by atoms with E-state index in [-0.39, 0.29) is 10.0 Å². The summed E-state index contributed by atoms with van der Waals surface area (Å²) in [5, 5.41) is 0.821. The SMILES string of the molecule is C[C@@H]1Cn2c(cc3ccccc32)[C@@H](c2c(F)cc(Br)cc2F)N1CC(F)(F)F. The zero-order valence-corrected chi connectivity index (χ0v) is 16.4. The average molecular weight is 459 g/mol. The summed E-state index contributed by atoms with van der Waals surface area (Å²) in [5.74, 6) is -1.76. The van der Waals surface area contributed by atoms with Crippen molar-refractivity contribution in [3.05, 3.63) is 69.8 Å². The summed E-state index contributed by atoms with van der Waals surface area (Å²) >= 11 is 3.03. The van der Waals surface area contributed by atoms with Gasteiger partial charge in [-0.15, -0.1) is 0 Å². The molecule has 0 unspecified atom stereocenters. The standard InChI is InChI=1S/C20H16BrF5N2/c1-11-9-27-16-5-3-2-4-12(16)6-17(27)19(28(11)10-20(24,25)26)18-14(22)7-13(21)8-15(18)23/h2-8,11,19H,9-10H2,1H3/t11-,19+/m1/s1. The Morgan fingerprint density at radius 3 is 2.36 bits per heavy atom. The lowest BCUT2D eigenvalue weighted by atomic mass is 9.96. The number of para-hydroxylation sites is 1. The van der Waals surface area contributed by atoms with Gasteiger partial charge in [0.2, 0.25) is 0 Å². The van der Waals surface area contributed by atoms with Crippen molar-refractivity contribution in [2.45, 2.75) is 31.7 Å². The molecule has 2 aromatic carbocycles. The first-order chi connectivity index (χ1) is 13.2. The highest BCUT2D eigenvalue weighted by molar-refractivity contribution is 9.10. The number of aromatic nitrogens is 1. The summed E-state index contributed by atoms with van der Waals surface area (Å²) < 4.78 is 71.5. The van der Waals surface area contributed by atoms with Crippen LogP contribution in [0, 0.1) is 11.6 Å². The third kappa shape index (κ3) is 3.33. The fraction of sp³-hybridized carbons (Fsp3) is 0.300. The van der Waals surface area contributed by atoms with Gasteiger partial charge >= 0.3 is 6.18 Å². The number of rotatable bonds is 2. The van der Waals surface area contributed by atoms with Crippen LogP contribution in [0.1, 0.15) is 24.2 Å². The van der Waals surface area contributed by atoms with Gasteiger partial charge in [0, 0.05) is 33.8 Å². The molecule has 0 fully saturated rings. The third-order valence-electron chi connectivity index (χ3n) is 5.15. The lowest BCUT2D eigenvalue weighted by Gasteiger charge is -2.42. The Bertz CT molecular complexity index is 1020. The fourth-order valence-electron chi connectivity index (χ4n) is 4.04. The molecule has 148 valence electrons. The molecular formula is C20H16BrF5N2. The number of halogens is 6. The molecule has 0 radical (unpaired) electrons. The highest BCUT2D eigenvalue weighted by atomic mass is 79.9. The highest BCUT2D eigenvalue weighted by Crippen LogP contribution is 2.42. The number of nitrogens with zero attached hydrogens (tertiary/aromatic N) is 2. The van der Waals surface area contributed by atoms with Crippen LogP contribution >= 0.6 is 15.9 Å². The van der Waals surface area contributed by atoms with Crippen molar-refractivity contribution in [1.29, 1.82) is 0 Å². The fourth-order valence-corrected chi connectivity index (χ4v) is 4.44. The van der Waals surface area contributed by atoms with Crippen LogP contribution in [0.15, 0.2) is 46.9 Å². The Kier molecular flexibility index (Phi) is 4.74. The smallest absolute Gasteiger partial charge is 0.341 e. The average Bonchev–Trinajstić information content (AvgIpc) is 2.94. The maximum absolute atomic E-state index is 14.8.